The molecule has 1 saturated carbocycles. The first-order valence-corrected chi connectivity index (χ1v) is 18.2. The van der Waals surface area contributed by atoms with E-state index in [4.69, 9.17) is 19.4 Å². The predicted octanol–water partition coefficient (Wildman–Crippen LogP) is 6.19. The Morgan fingerprint density at radius 2 is 1.72 bits per heavy atom. The molecule has 4 heterocycles. The Hall–Kier alpha value is -4.88. The van der Waals surface area contributed by atoms with Gasteiger partial charge in [0.25, 0.3) is 0 Å². The summed E-state index contributed by atoms with van der Waals surface area (Å²) in [6, 6.07) is 27.5. The van der Waals surface area contributed by atoms with Gasteiger partial charge in [0.15, 0.2) is 0 Å². The van der Waals surface area contributed by atoms with Crippen LogP contribution in [0, 0.1) is 17.2 Å². The molecular weight excluding hydrogens is 626 g/mol. The number of benzene rings is 3. The molecule has 1 amide bonds. The summed E-state index contributed by atoms with van der Waals surface area (Å²) in [4.78, 5) is 32.4. The number of anilines is 2. The van der Waals surface area contributed by atoms with Crippen LogP contribution in [-0.2, 0) is 24.3 Å². The first-order chi connectivity index (χ1) is 24.6. The molecule has 0 bridgehead atoms. The highest BCUT2D eigenvalue weighted by molar-refractivity contribution is 5.94. The molecule has 1 aliphatic carbocycles. The second-order valence-electron chi connectivity index (χ2n) is 14.2. The maximum atomic E-state index is 13.3. The minimum absolute atomic E-state index is 0.200. The number of rotatable bonds is 10. The third-order valence-corrected chi connectivity index (χ3v) is 10.8. The van der Waals surface area contributed by atoms with Crippen molar-refractivity contribution in [1.82, 2.24) is 19.8 Å². The number of hydrogen-bond acceptors (Lipinski definition) is 9. The highest BCUT2D eigenvalue weighted by atomic mass is 16.6. The number of nitriles is 1. The van der Waals surface area contributed by atoms with Crippen LogP contribution < -0.4 is 14.5 Å². The van der Waals surface area contributed by atoms with E-state index in [1.54, 1.807) is 4.90 Å². The van der Waals surface area contributed by atoms with Gasteiger partial charge < -0.3 is 24.2 Å². The molecule has 2 atom stereocenters. The molecule has 1 aromatic heterocycles. The molecule has 10 heteroatoms. The maximum Gasteiger partial charge on any atom is 0.410 e. The van der Waals surface area contributed by atoms with Gasteiger partial charge in [0.2, 0.25) is 0 Å². The lowest BCUT2D eigenvalue weighted by atomic mass is 10.0. The van der Waals surface area contributed by atoms with E-state index in [1.807, 2.05) is 30.3 Å². The van der Waals surface area contributed by atoms with Gasteiger partial charge in [-0.1, -0.05) is 66.7 Å². The lowest BCUT2D eigenvalue weighted by Crippen LogP contribution is -2.55. The van der Waals surface area contributed by atoms with Gasteiger partial charge in [0.05, 0.1) is 30.8 Å². The van der Waals surface area contributed by atoms with E-state index in [2.05, 4.69) is 63.2 Å². The number of aromatic nitrogens is 2. The third kappa shape index (κ3) is 7.06. The first kappa shape index (κ1) is 32.3. The molecule has 3 aromatic carbocycles. The molecule has 3 fully saturated rings. The molecule has 10 nitrogen and oxygen atoms in total. The molecule has 4 aliphatic rings. The standard InChI is InChI=1S/C40H45N7O3/c41-19-17-32-25-46(22-23-47(32)40(48)50-27-30-8-2-1-3-9-30)38-35-18-21-45(37-14-6-11-31-10-4-5-13-34(31)37)26-36(35)42-39(43-38)49-28-33-12-7-20-44(33)24-29-15-16-29/h1-6,8-11,13-14,29,32-33H,7,12,15-18,20-28H2. The SMILES string of the molecule is N#CCC1CN(c2nc(OCC3CCCN3CC3CC3)nc3c2CCN(c2cccc4ccccc24)C3)CCN1C(=O)OCc1ccccc1. The highest BCUT2D eigenvalue weighted by Gasteiger charge is 2.36. The van der Waals surface area contributed by atoms with E-state index in [1.165, 1.54) is 42.3 Å². The van der Waals surface area contributed by atoms with Crippen LogP contribution in [0.3, 0.4) is 0 Å². The van der Waals surface area contributed by atoms with Crippen molar-refractivity contribution in [3.05, 3.63) is 89.6 Å². The fourth-order valence-corrected chi connectivity index (χ4v) is 7.90. The van der Waals surface area contributed by atoms with Crippen molar-refractivity contribution in [2.24, 2.45) is 5.92 Å². The Kier molecular flexibility index (Phi) is 9.40. The van der Waals surface area contributed by atoms with Gasteiger partial charge >= 0.3 is 12.1 Å². The van der Waals surface area contributed by atoms with Crippen molar-refractivity contribution < 1.29 is 14.3 Å². The Bertz CT molecular complexity index is 1850. The van der Waals surface area contributed by atoms with Crippen LogP contribution in [-0.4, -0.2) is 83.8 Å². The normalized spacial score (nSPS) is 20.8. The van der Waals surface area contributed by atoms with Crippen molar-refractivity contribution in [1.29, 1.82) is 5.26 Å². The number of likely N-dealkylation sites (tertiary alicyclic amines) is 1. The van der Waals surface area contributed by atoms with E-state index in [0.29, 0.717) is 44.8 Å². The molecule has 2 unspecified atom stereocenters. The van der Waals surface area contributed by atoms with Crippen LogP contribution in [0.1, 0.15) is 48.9 Å². The average Bonchev–Trinajstić information content (AvgIpc) is 3.87. The Balaban J connectivity index is 1.05. The van der Waals surface area contributed by atoms with E-state index >= 15 is 0 Å². The molecule has 8 rings (SSSR count). The number of carbonyl (C=O) groups is 1. The summed E-state index contributed by atoms with van der Waals surface area (Å²) in [7, 11) is 0. The minimum Gasteiger partial charge on any atom is -0.462 e. The van der Waals surface area contributed by atoms with Gasteiger partial charge in [-0.15, -0.1) is 0 Å². The predicted molar refractivity (Wildman–Crippen MR) is 193 cm³/mol. The summed E-state index contributed by atoms with van der Waals surface area (Å²) in [6.07, 6.45) is 5.64. The fourth-order valence-electron chi connectivity index (χ4n) is 7.90. The smallest absolute Gasteiger partial charge is 0.410 e. The van der Waals surface area contributed by atoms with Crippen molar-refractivity contribution in [2.75, 3.05) is 55.7 Å². The molecule has 3 aliphatic heterocycles. The summed E-state index contributed by atoms with van der Waals surface area (Å²) < 4.78 is 12.2. The zero-order chi connectivity index (χ0) is 33.9. The van der Waals surface area contributed by atoms with Gasteiger partial charge in [0.1, 0.15) is 19.0 Å². The number of nitrogens with zero attached hydrogens (tertiary/aromatic N) is 7. The van der Waals surface area contributed by atoms with Crippen molar-refractivity contribution >= 4 is 28.4 Å². The summed E-state index contributed by atoms with van der Waals surface area (Å²) >= 11 is 0. The summed E-state index contributed by atoms with van der Waals surface area (Å²) in [5, 5.41) is 12.2. The van der Waals surface area contributed by atoms with Gasteiger partial charge in [-0.25, -0.2) is 4.79 Å². The first-order valence-electron chi connectivity index (χ1n) is 18.2. The Morgan fingerprint density at radius 1 is 0.880 bits per heavy atom. The zero-order valence-electron chi connectivity index (χ0n) is 28.6. The minimum atomic E-state index is -0.388. The summed E-state index contributed by atoms with van der Waals surface area (Å²) in [6.45, 7) is 6.08. The van der Waals surface area contributed by atoms with Crippen molar-refractivity contribution in [3.8, 4) is 12.1 Å². The number of fused-ring (bicyclic) bond motifs is 2. The summed E-state index contributed by atoms with van der Waals surface area (Å²) in [5.74, 6) is 1.71. The maximum absolute atomic E-state index is 13.3. The molecule has 258 valence electrons. The lowest BCUT2D eigenvalue weighted by molar-refractivity contribution is 0.0767. The molecule has 4 aromatic rings. The zero-order valence-corrected chi connectivity index (χ0v) is 28.6. The number of amides is 1. The van der Waals surface area contributed by atoms with E-state index in [9.17, 15) is 10.1 Å². The molecule has 0 radical (unpaired) electrons. The molecule has 50 heavy (non-hydrogen) atoms. The number of hydrogen-bond donors (Lipinski definition) is 0. The molecular formula is C40H45N7O3. The highest BCUT2D eigenvalue weighted by Crippen LogP contribution is 2.36. The van der Waals surface area contributed by atoms with Crippen LogP contribution in [0.2, 0.25) is 0 Å². The number of piperazine rings is 1. The van der Waals surface area contributed by atoms with E-state index in [-0.39, 0.29) is 25.2 Å². The third-order valence-electron chi connectivity index (χ3n) is 10.8. The average molecular weight is 672 g/mol. The quantitative estimate of drug-likeness (QED) is 0.196. The largest absolute Gasteiger partial charge is 0.462 e. The number of ether oxygens (including phenoxy) is 2. The topological polar surface area (TPSA) is 98.1 Å². The van der Waals surface area contributed by atoms with Crippen LogP contribution in [0.15, 0.2) is 72.8 Å². The molecule has 0 spiro atoms. The Morgan fingerprint density at radius 3 is 2.58 bits per heavy atom. The van der Waals surface area contributed by atoms with Gasteiger partial charge in [-0.2, -0.15) is 15.2 Å². The fraction of sp³-hybridized carbons (Fsp3) is 0.450. The van der Waals surface area contributed by atoms with Gasteiger partial charge in [0, 0.05) is 55.4 Å². The monoisotopic (exact) mass is 671 g/mol. The van der Waals surface area contributed by atoms with Gasteiger partial charge in [-0.3, -0.25) is 4.90 Å². The van der Waals surface area contributed by atoms with E-state index in [0.717, 1.165) is 54.5 Å². The van der Waals surface area contributed by atoms with Crippen LogP contribution >= 0.6 is 0 Å². The lowest BCUT2D eigenvalue weighted by Gasteiger charge is -2.42. The van der Waals surface area contributed by atoms with Crippen molar-refractivity contribution in [2.45, 2.75) is 63.8 Å². The molecule has 2 saturated heterocycles. The number of carbonyl (C=O) groups excluding carboxylic acids is 1. The van der Waals surface area contributed by atoms with Crippen LogP contribution in [0.4, 0.5) is 16.3 Å². The van der Waals surface area contributed by atoms with Crippen molar-refractivity contribution in [3.63, 3.8) is 0 Å². The summed E-state index contributed by atoms with van der Waals surface area (Å²) in [5.41, 5.74) is 4.24. The Labute approximate surface area is 294 Å². The second kappa shape index (κ2) is 14.5. The van der Waals surface area contributed by atoms with E-state index < -0.39 is 0 Å². The van der Waals surface area contributed by atoms with Gasteiger partial charge in [-0.05, 0) is 61.6 Å². The second-order valence-corrected chi connectivity index (χ2v) is 14.2. The molecule has 0 N–H and O–H groups in total. The van der Waals surface area contributed by atoms with Crippen LogP contribution in [0.5, 0.6) is 6.01 Å². The van der Waals surface area contributed by atoms with Crippen LogP contribution in [0.25, 0.3) is 10.8 Å².